The van der Waals surface area contributed by atoms with Crippen LogP contribution in [0.5, 0.6) is 0 Å². The second-order valence-corrected chi connectivity index (χ2v) is 4.56. The maximum absolute atomic E-state index is 13.6. The second-order valence-electron chi connectivity index (χ2n) is 4.56. The van der Waals surface area contributed by atoms with Gasteiger partial charge in [-0.1, -0.05) is 0 Å². The van der Waals surface area contributed by atoms with Crippen molar-refractivity contribution in [2.75, 3.05) is 0 Å². The highest BCUT2D eigenvalue weighted by Crippen LogP contribution is 2.42. The third-order valence-corrected chi connectivity index (χ3v) is 3.30. The van der Waals surface area contributed by atoms with Gasteiger partial charge in [-0.05, 0) is 6.92 Å². The Balaban J connectivity index is 2.10. The molecule has 0 aromatic rings. The molecule has 1 fully saturated rings. The SMILES string of the molecule is CC1CC2=C(C=C(F)CC23NC(=O)NC3=O)O1. The van der Waals surface area contributed by atoms with Gasteiger partial charge in [0.1, 0.15) is 11.6 Å². The lowest BCUT2D eigenvalue weighted by Crippen LogP contribution is -2.49. The van der Waals surface area contributed by atoms with E-state index in [4.69, 9.17) is 4.74 Å². The predicted octanol–water partition coefficient (Wildman–Crippen LogP) is 0.885. The fourth-order valence-corrected chi connectivity index (χ4v) is 2.61. The van der Waals surface area contributed by atoms with Crippen LogP contribution < -0.4 is 10.6 Å². The van der Waals surface area contributed by atoms with Crippen molar-refractivity contribution in [3.05, 3.63) is 23.2 Å². The van der Waals surface area contributed by atoms with Crippen LogP contribution >= 0.6 is 0 Å². The van der Waals surface area contributed by atoms with Gasteiger partial charge in [-0.3, -0.25) is 10.1 Å². The summed E-state index contributed by atoms with van der Waals surface area (Å²) in [5, 5.41) is 4.68. The molecule has 90 valence electrons. The van der Waals surface area contributed by atoms with Gasteiger partial charge in [0.05, 0.1) is 6.10 Å². The number of hydrogen-bond donors (Lipinski definition) is 2. The van der Waals surface area contributed by atoms with E-state index >= 15 is 0 Å². The number of hydrogen-bond acceptors (Lipinski definition) is 3. The summed E-state index contributed by atoms with van der Waals surface area (Å²) in [5.74, 6) is -0.593. The average molecular weight is 238 g/mol. The van der Waals surface area contributed by atoms with Gasteiger partial charge in [-0.25, -0.2) is 9.18 Å². The molecule has 3 aliphatic rings. The van der Waals surface area contributed by atoms with E-state index in [0.29, 0.717) is 17.8 Å². The number of rotatable bonds is 0. The van der Waals surface area contributed by atoms with Crippen molar-refractivity contribution in [3.8, 4) is 0 Å². The molecule has 2 aliphatic heterocycles. The third kappa shape index (κ3) is 1.30. The van der Waals surface area contributed by atoms with E-state index in [2.05, 4.69) is 10.6 Å². The Morgan fingerprint density at radius 1 is 1.53 bits per heavy atom. The first-order chi connectivity index (χ1) is 8.01. The van der Waals surface area contributed by atoms with Crippen LogP contribution in [0, 0.1) is 0 Å². The van der Waals surface area contributed by atoms with Gasteiger partial charge in [0.25, 0.3) is 5.91 Å². The van der Waals surface area contributed by atoms with Crippen molar-refractivity contribution in [1.29, 1.82) is 0 Å². The minimum atomic E-state index is -1.28. The largest absolute Gasteiger partial charge is 0.490 e. The molecule has 0 aromatic heterocycles. The fourth-order valence-electron chi connectivity index (χ4n) is 2.61. The van der Waals surface area contributed by atoms with E-state index in [9.17, 15) is 14.0 Å². The zero-order valence-electron chi connectivity index (χ0n) is 9.17. The maximum Gasteiger partial charge on any atom is 0.322 e. The van der Waals surface area contributed by atoms with E-state index in [1.54, 1.807) is 0 Å². The molecular formula is C11H11FN2O3. The molecule has 6 heteroatoms. The second kappa shape index (κ2) is 3.09. The number of urea groups is 1. The number of ether oxygens (including phenoxy) is 1. The summed E-state index contributed by atoms with van der Waals surface area (Å²) < 4.78 is 19.0. The van der Waals surface area contributed by atoms with Crippen LogP contribution in [0.2, 0.25) is 0 Å². The molecule has 2 heterocycles. The topological polar surface area (TPSA) is 67.4 Å². The van der Waals surface area contributed by atoms with Crippen molar-refractivity contribution >= 4 is 11.9 Å². The normalized spacial score (nSPS) is 35.4. The molecular weight excluding hydrogens is 227 g/mol. The Bertz CT molecular complexity index is 497. The zero-order chi connectivity index (χ0) is 12.2. The molecule has 0 aromatic carbocycles. The molecule has 0 saturated carbocycles. The monoisotopic (exact) mass is 238 g/mol. The Morgan fingerprint density at radius 3 is 2.94 bits per heavy atom. The van der Waals surface area contributed by atoms with Gasteiger partial charge in [0.2, 0.25) is 0 Å². The van der Waals surface area contributed by atoms with Gasteiger partial charge in [-0.2, -0.15) is 0 Å². The minimum absolute atomic E-state index is 0.107. The lowest BCUT2D eigenvalue weighted by Gasteiger charge is -2.29. The molecule has 1 aliphatic carbocycles. The first kappa shape index (κ1) is 10.3. The van der Waals surface area contributed by atoms with Crippen LogP contribution in [0.4, 0.5) is 9.18 Å². The molecule has 0 radical (unpaired) electrons. The summed E-state index contributed by atoms with van der Waals surface area (Å²) >= 11 is 0. The molecule has 5 nitrogen and oxygen atoms in total. The van der Waals surface area contributed by atoms with Crippen LogP contribution in [-0.2, 0) is 9.53 Å². The summed E-state index contributed by atoms with van der Waals surface area (Å²) in [5.41, 5.74) is -0.620. The number of amides is 3. The Hall–Kier alpha value is -1.85. The van der Waals surface area contributed by atoms with Crippen molar-refractivity contribution in [1.82, 2.24) is 10.6 Å². The molecule has 2 N–H and O–H groups in total. The number of carbonyl (C=O) groups is 2. The average Bonchev–Trinajstić information content (AvgIpc) is 2.69. The standard InChI is InChI=1S/C11H11FN2O3/c1-5-2-7-8(17-5)3-6(12)4-11(7)9(15)13-10(16)14-11/h3,5H,2,4H2,1H3,(H2,13,14,15,16). The van der Waals surface area contributed by atoms with Gasteiger partial charge < -0.3 is 10.1 Å². The van der Waals surface area contributed by atoms with Crippen molar-refractivity contribution < 1.29 is 18.7 Å². The van der Waals surface area contributed by atoms with Crippen LogP contribution in [-0.4, -0.2) is 23.6 Å². The highest BCUT2D eigenvalue weighted by Gasteiger charge is 2.54. The fraction of sp³-hybridized carbons (Fsp3) is 0.455. The number of allylic oxidation sites excluding steroid dienone is 1. The van der Waals surface area contributed by atoms with Crippen LogP contribution in [0.3, 0.4) is 0 Å². The number of carbonyl (C=O) groups excluding carboxylic acids is 2. The quantitative estimate of drug-likeness (QED) is 0.616. The smallest absolute Gasteiger partial charge is 0.322 e. The summed E-state index contributed by atoms with van der Waals surface area (Å²) in [6, 6.07) is -0.587. The van der Waals surface area contributed by atoms with Crippen LogP contribution in [0.15, 0.2) is 23.2 Å². The van der Waals surface area contributed by atoms with Crippen LogP contribution in [0.1, 0.15) is 19.8 Å². The van der Waals surface area contributed by atoms with E-state index in [-0.39, 0.29) is 12.5 Å². The molecule has 0 bridgehead atoms. The number of nitrogens with one attached hydrogen (secondary N) is 2. The van der Waals surface area contributed by atoms with Gasteiger partial charge >= 0.3 is 6.03 Å². The molecule has 2 unspecified atom stereocenters. The molecule has 1 saturated heterocycles. The van der Waals surface area contributed by atoms with E-state index in [0.717, 1.165) is 0 Å². The summed E-state index contributed by atoms with van der Waals surface area (Å²) in [6.07, 6.45) is 1.57. The zero-order valence-corrected chi connectivity index (χ0v) is 9.17. The summed E-state index contributed by atoms with van der Waals surface area (Å²) in [6.45, 7) is 1.84. The number of fused-ring (bicyclic) bond motifs is 1. The first-order valence-electron chi connectivity index (χ1n) is 5.41. The van der Waals surface area contributed by atoms with Crippen molar-refractivity contribution in [2.45, 2.75) is 31.4 Å². The molecule has 17 heavy (non-hydrogen) atoms. The van der Waals surface area contributed by atoms with E-state index < -0.39 is 23.3 Å². The van der Waals surface area contributed by atoms with Crippen molar-refractivity contribution in [2.24, 2.45) is 0 Å². The molecule has 3 rings (SSSR count). The summed E-state index contributed by atoms with van der Waals surface area (Å²) in [7, 11) is 0. The maximum atomic E-state index is 13.6. The highest BCUT2D eigenvalue weighted by molar-refractivity contribution is 6.09. The Labute approximate surface area is 96.7 Å². The van der Waals surface area contributed by atoms with E-state index in [1.807, 2.05) is 6.92 Å². The van der Waals surface area contributed by atoms with Crippen LogP contribution in [0.25, 0.3) is 0 Å². The molecule has 1 spiro atoms. The lowest BCUT2D eigenvalue weighted by molar-refractivity contribution is -0.123. The highest BCUT2D eigenvalue weighted by atomic mass is 19.1. The van der Waals surface area contributed by atoms with Gasteiger partial charge in [-0.15, -0.1) is 0 Å². The predicted molar refractivity (Wildman–Crippen MR) is 55.4 cm³/mol. The molecule has 2 atom stereocenters. The third-order valence-electron chi connectivity index (χ3n) is 3.30. The van der Waals surface area contributed by atoms with Gasteiger partial charge in [0, 0.05) is 24.5 Å². The minimum Gasteiger partial charge on any atom is -0.490 e. The van der Waals surface area contributed by atoms with Gasteiger partial charge in [0.15, 0.2) is 5.54 Å². The van der Waals surface area contributed by atoms with Crippen molar-refractivity contribution in [3.63, 3.8) is 0 Å². The molecule has 3 amide bonds. The lowest BCUT2D eigenvalue weighted by atomic mass is 9.80. The number of halogens is 1. The first-order valence-corrected chi connectivity index (χ1v) is 5.41. The Morgan fingerprint density at radius 2 is 2.29 bits per heavy atom. The van der Waals surface area contributed by atoms with E-state index in [1.165, 1.54) is 6.08 Å². The Kier molecular flexibility index (Phi) is 1.87. The summed E-state index contributed by atoms with van der Waals surface area (Å²) in [4.78, 5) is 23.1. The number of imide groups is 1.